The molecule has 17 nitrogen and oxygen atoms in total. The van der Waals surface area contributed by atoms with Crippen molar-refractivity contribution >= 4 is 39.5 Å². The predicted molar refractivity (Wildman–Crippen MR) is 418 cm³/mol. The summed E-state index contributed by atoms with van der Waals surface area (Å²) < 4.78 is 68.6. The summed E-state index contributed by atoms with van der Waals surface area (Å²) in [5, 5.41) is 10.6. The van der Waals surface area contributed by atoms with Gasteiger partial charge in [-0.05, 0) is 96.3 Å². The molecular weight excluding hydrogens is 1330 g/mol. The maximum Gasteiger partial charge on any atom is 0.472 e. The van der Waals surface area contributed by atoms with E-state index >= 15 is 0 Å². The Labute approximate surface area is 622 Å². The number of ether oxygens (including phenoxy) is 4. The van der Waals surface area contributed by atoms with Crippen LogP contribution in [0.5, 0.6) is 0 Å². The van der Waals surface area contributed by atoms with E-state index in [0.29, 0.717) is 32.1 Å². The van der Waals surface area contributed by atoms with Crippen LogP contribution in [0.4, 0.5) is 0 Å². The van der Waals surface area contributed by atoms with Crippen LogP contribution in [0.15, 0.2) is 72.9 Å². The van der Waals surface area contributed by atoms with Crippen molar-refractivity contribution in [3.63, 3.8) is 0 Å². The fourth-order valence-electron chi connectivity index (χ4n) is 11.4. The number of aliphatic hydroxyl groups is 1. The normalized spacial score (nSPS) is 14.2. The molecule has 0 spiro atoms. The third kappa shape index (κ3) is 74.8. The Balaban J connectivity index is 5.37. The number of phosphoric ester groups is 2. The van der Waals surface area contributed by atoms with E-state index in [2.05, 4.69) is 88.5 Å². The van der Waals surface area contributed by atoms with Gasteiger partial charge in [-0.3, -0.25) is 37.3 Å². The van der Waals surface area contributed by atoms with Crippen LogP contribution in [-0.4, -0.2) is 96.7 Å². The van der Waals surface area contributed by atoms with Crippen LogP contribution in [0, 0.1) is 0 Å². The zero-order valence-electron chi connectivity index (χ0n) is 65.0. The molecule has 0 rings (SSSR count). The highest BCUT2D eigenvalue weighted by atomic mass is 31.2. The Morgan fingerprint density at radius 3 is 0.794 bits per heavy atom. The van der Waals surface area contributed by atoms with Crippen molar-refractivity contribution in [2.45, 2.75) is 393 Å². The van der Waals surface area contributed by atoms with E-state index in [1.807, 2.05) is 12.2 Å². The van der Waals surface area contributed by atoms with Gasteiger partial charge in [-0.1, -0.05) is 325 Å². The molecule has 0 saturated carbocycles. The van der Waals surface area contributed by atoms with Crippen LogP contribution in [0.3, 0.4) is 0 Å². The molecule has 0 bridgehead atoms. The molecule has 3 N–H and O–H groups in total. The lowest BCUT2D eigenvalue weighted by molar-refractivity contribution is -0.161. The maximum absolute atomic E-state index is 13.1. The minimum Gasteiger partial charge on any atom is -0.462 e. The Bertz CT molecular complexity index is 2210. The van der Waals surface area contributed by atoms with Gasteiger partial charge in [0.25, 0.3) is 0 Å². The van der Waals surface area contributed by atoms with Crippen LogP contribution in [-0.2, 0) is 65.4 Å². The molecule has 0 aromatic heterocycles. The highest BCUT2D eigenvalue weighted by Gasteiger charge is 2.30. The number of rotatable bonds is 78. The van der Waals surface area contributed by atoms with Gasteiger partial charge in [0.15, 0.2) is 12.2 Å². The van der Waals surface area contributed by atoms with E-state index in [0.717, 1.165) is 116 Å². The van der Waals surface area contributed by atoms with Crippen molar-refractivity contribution in [2.24, 2.45) is 0 Å². The number of allylic oxidation sites excluding steroid dienone is 12. The fourth-order valence-corrected chi connectivity index (χ4v) is 12.9. The molecular formula is C83H150O17P2. The number of esters is 4. The standard InChI is InChI=1S/C83H150O17P2/c1-5-9-13-17-21-25-29-33-36-38-41-45-48-52-56-60-64-68-81(86)94-74-79(100-83(88)70-66-62-58-54-50-46-42-39-37-34-30-26-22-18-14-10-6-2)76-98-102(91,92)96-72-77(84)71-95-101(89,90)97-75-78(99-82(87)69-65-61-57-53-49-43-32-28-24-20-16-12-8-4)73-93-80(85)67-63-59-55-51-47-44-40-35-31-27-23-19-15-11-7-3/h22-23,26-27,34-35,37,40,42,46,54,58,77-79,84H,5-21,24-25,28-33,36,38-39,41,43-45,47-53,55-57,59-76H2,1-4H3,(H,89,90)(H,91,92)/b26-22-,27-23-,37-34-,40-35-,46-42-,58-54-/t77-,78+,79+/m0/s1. The highest BCUT2D eigenvalue weighted by molar-refractivity contribution is 7.47. The molecule has 594 valence electrons. The summed E-state index contributed by atoms with van der Waals surface area (Å²) in [6.07, 6.45) is 77.4. The lowest BCUT2D eigenvalue weighted by atomic mass is 10.0. The number of unbranched alkanes of at least 4 members (excludes halogenated alkanes) is 40. The number of carbonyl (C=O) groups excluding carboxylic acids is 4. The van der Waals surface area contributed by atoms with Crippen molar-refractivity contribution in [3.8, 4) is 0 Å². The predicted octanol–water partition coefficient (Wildman–Crippen LogP) is 24.0. The zero-order valence-corrected chi connectivity index (χ0v) is 66.8. The molecule has 0 saturated heterocycles. The first-order valence-electron chi connectivity index (χ1n) is 41.2. The third-order valence-corrected chi connectivity index (χ3v) is 19.6. The monoisotopic (exact) mass is 1480 g/mol. The van der Waals surface area contributed by atoms with Crippen molar-refractivity contribution in [1.29, 1.82) is 0 Å². The van der Waals surface area contributed by atoms with Crippen LogP contribution in [0.1, 0.15) is 374 Å². The van der Waals surface area contributed by atoms with Gasteiger partial charge in [-0.15, -0.1) is 0 Å². The van der Waals surface area contributed by atoms with E-state index in [1.54, 1.807) is 0 Å². The second kappa shape index (κ2) is 75.7. The minimum absolute atomic E-state index is 0.0234. The minimum atomic E-state index is -4.99. The largest absolute Gasteiger partial charge is 0.472 e. The summed E-state index contributed by atoms with van der Waals surface area (Å²) in [4.78, 5) is 73.0. The van der Waals surface area contributed by atoms with Gasteiger partial charge in [0.05, 0.1) is 26.4 Å². The molecule has 0 aromatic rings. The molecule has 102 heavy (non-hydrogen) atoms. The first-order valence-corrected chi connectivity index (χ1v) is 44.2. The van der Waals surface area contributed by atoms with Gasteiger partial charge in [-0.25, -0.2) is 9.13 Å². The maximum atomic E-state index is 13.1. The van der Waals surface area contributed by atoms with Gasteiger partial charge in [0, 0.05) is 25.7 Å². The molecule has 0 amide bonds. The van der Waals surface area contributed by atoms with Crippen molar-refractivity contribution < 1.29 is 80.2 Å². The Morgan fingerprint density at radius 1 is 0.275 bits per heavy atom. The summed E-state index contributed by atoms with van der Waals surface area (Å²) in [5.74, 6) is -2.22. The smallest absolute Gasteiger partial charge is 0.462 e. The molecule has 0 aliphatic carbocycles. The van der Waals surface area contributed by atoms with Crippen molar-refractivity contribution in [3.05, 3.63) is 72.9 Å². The summed E-state index contributed by atoms with van der Waals surface area (Å²) in [5.41, 5.74) is 0. The molecule has 19 heteroatoms. The molecule has 0 heterocycles. The van der Waals surface area contributed by atoms with E-state index in [-0.39, 0.29) is 25.7 Å². The van der Waals surface area contributed by atoms with Crippen molar-refractivity contribution in [2.75, 3.05) is 39.6 Å². The van der Waals surface area contributed by atoms with E-state index in [4.69, 9.17) is 37.0 Å². The van der Waals surface area contributed by atoms with Crippen molar-refractivity contribution in [1.82, 2.24) is 0 Å². The van der Waals surface area contributed by atoms with E-state index in [1.165, 1.54) is 173 Å². The molecule has 0 aliphatic heterocycles. The fraction of sp³-hybridized carbons (Fsp3) is 0.807. The summed E-state index contributed by atoms with van der Waals surface area (Å²) in [6.45, 7) is 4.82. The quantitative estimate of drug-likeness (QED) is 0.0169. The Hall–Kier alpha value is -3.50. The Morgan fingerprint density at radius 2 is 0.490 bits per heavy atom. The molecule has 0 aliphatic rings. The van der Waals surface area contributed by atoms with Crippen LogP contribution >= 0.6 is 15.6 Å². The van der Waals surface area contributed by atoms with Gasteiger partial charge in [-0.2, -0.15) is 0 Å². The summed E-state index contributed by atoms with van der Waals surface area (Å²) in [7, 11) is -9.96. The lowest BCUT2D eigenvalue weighted by Crippen LogP contribution is -2.30. The second-order valence-corrected chi connectivity index (χ2v) is 30.6. The number of hydrogen-bond acceptors (Lipinski definition) is 15. The van der Waals surface area contributed by atoms with Crippen LogP contribution in [0.25, 0.3) is 0 Å². The number of carbonyl (C=O) groups is 4. The molecule has 2 unspecified atom stereocenters. The number of phosphoric acid groups is 2. The average Bonchev–Trinajstić information content (AvgIpc) is 0.908. The number of aliphatic hydroxyl groups excluding tert-OH is 1. The third-order valence-electron chi connectivity index (χ3n) is 17.7. The van der Waals surface area contributed by atoms with Gasteiger partial charge in [0.2, 0.25) is 0 Å². The summed E-state index contributed by atoms with van der Waals surface area (Å²) >= 11 is 0. The molecule has 0 radical (unpaired) electrons. The molecule has 5 atom stereocenters. The highest BCUT2D eigenvalue weighted by Crippen LogP contribution is 2.45. The molecule has 0 fully saturated rings. The van der Waals surface area contributed by atoms with E-state index in [9.17, 15) is 43.2 Å². The van der Waals surface area contributed by atoms with Gasteiger partial charge in [0.1, 0.15) is 19.3 Å². The summed E-state index contributed by atoms with van der Waals surface area (Å²) in [6, 6.07) is 0. The van der Waals surface area contributed by atoms with Gasteiger partial charge < -0.3 is 33.8 Å². The Kier molecular flexibility index (Phi) is 73.1. The second-order valence-electron chi connectivity index (χ2n) is 27.7. The number of hydrogen-bond donors (Lipinski definition) is 3. The SMILES string of the molecule is CCCCC/C=C\C/C=C\C/C=C\C/C=C\CCCC(=O)O[C@H](COC(=O)CCCCCCCCCCCCCCCCCCC)COP(=O)(O)OC[C@@H](O)COP(=O)(O)OC[C@@H](COC(=O)CCCCCCC/C=C\C/C=C\CCCCC)OC(=O)CCCCCCCCCCCCCCC. The zero-order chi connectivity index (χ0) is 74.6. The lowest BCUT2D eigenvalue weighted by Gasteiger charge is -2.21. The topological polar surface area (TPSA) is 237 Å². The molecule has 0 aromatic carbocycles. The first kappa shape index (κ1) is 98.5. The average molecular weight is 1480 g/mol. The van der Waals surface area contributed by atoms with Crippen LogP contribution < -0.4 is 0 Å². The van der Waals surface area contributed by atoms with Crippen LogP contribution in [0.2, 0.25) is 0 Å². The van der Waals surface area contributed by atoms with E-state index < -0.39 is 97.5 Å². The first-order chi connectivity index (χ1) is 49.7. The van der Waals surface area contributed by atoms with Gasteiger partial charge >= 0.3 is 39.5 Å².